The number of nitrogens with zero attached hydrogens (tertiary/aromatic N) is 2. The molecule has 1 atom stereocenters. The standard InChI is InChI=1S/C15H20FN3O/c1-4-8-19-10-11(9-18-19)15(17-2)14-12(16)6-5-7-13(14)20-3/h5-7,9-10,15,17H,4,8H2,1-3H3. The third-order valence-corrected chi connectivity index (χ3v) is 3.25. The molecule has 0 aliphatic rings. The molecule has 108 valence electrons. The van der Waals surface area contributed by atoms with E-state index in [9.17, 15) is 4.39 Å². The van der Waals surface area contributed by atoms with Gasteiger partial charge in [-0.3, -0.25) is 4.68 Å². The first-order valence-corrected chi connectivity index (χ1v) is 6.73. The molecule has 0 spiro atoms. The van der Waals surface area contributed by atoms with Crippen molar-refractivity contribution in [2.75, 3.05) is 14.2 Å². The zero-order chi connectivity index (χ0) is 14.5. The molecule has 0 saturated carbocycles. The number of rotatable bonds is 6. The van der Waals surface area contributed by atoms with Gasteiger partial charge in [0.05, 0.1) is 24.9 Å². The van der Waals surface area contributed by atoms with Crippen LogP contribution in [0.3, 0.4) is 0 Å². The third-order valence-electron chi connectivity index (χ3n) is 3.25. The van der Waals surface area contributed by atoms with E-state index in [2.05, 4.69) is 17.3 Å². The Morgan fingerprint density at radius 2 is 2.25 bits per heavy atom. The van der Waals surface area contributed by atoms with E-state index in [4.69, 9.17) is 4.74 Å². The van der Waals surface area contributed by atoms with Gasteiger partial charge in [-0.05, 0) is 25.6 Å². The third kappa shape index (κ3) is 2.82. The first kappa shape index (κ1) is 14.5. The molecule has 0 aliphatic carbocycles. The molecular weight excluding hydrogens is 257 g/mol. The van der Waals surface area contributed by atoms with Gasteiger partial charge in [-0.25, -0.2) is 4.39 Å². The van der Waals surface area contributed by atoms with Crippen LogP contribution in [0.2, 0.25) is 0 Å². The lowest BCUT2D eigenvalue weighted by Crippen LogP contribution is -2.19. The van der Waals surface area contributed by atoms with E-state index in [1.54, 1.807) is 32.5 Å². The molecule has 2 rings (SSSR count). The summed E-state index contributed by atoms with van der Waals surface area (Å²) in [5.74, 6) is 0.250. The van der Waals surface area contributed by atoms with E-state index < -0.39 is 0 Å². The predicted octanol–water partition coefficient (Wildman–Crippen LogP) is 2.75. The molecule has 0 bridgehead atoms. The zero-order valence-electron chi connectivity index (χ0n) is 12.1. The predicted molar refractivity (Wildman–Crippen MR) is 76.4 cm³/mol. The number of aromatic nitrogens is 2. The second kappa shape index (κ2) is 6.52. The molecule has 1 aromatic carbocycles. The minimum atomic E-state index is -0.285. The highest BCUT2D eigenvalue weighted by Gasteiger charge is 2.22. The van der Waals surface area contributed by atoms with E-state index in [-0.39, 0.29) is 11.9 Å². The van der Waals surface area contributed by atoms with Gasteiger partial charge in [0.1, 0.15) is 11.6 Å². The molecule has 20 heavy (non-hydrogen) atoms. The van der Waals surface area contributed by atoms with E-state index in [1.807, 2.05) is 10.9 Å². The highest BCUT2D eigenvalue weighted by atomic mass is 19.1. The van der Waals surface area contributed by atoms with Crippen molar-refractivity contribution >= 4 is 0 Å². The van der Waals surface area contributed by atoms with Gasteiger partial charge in [0.2, 0.25) is 0 Å². The van der Waals surface area contributed by atoms with Crippen LogP contribution in [0.5, 0.6) is 5.75 Å². The molecule has 5 heteroatoms. The molecule has 0 saturated heterocycles. The van der Waals surface area contributed by atoms with Gasteiger partial charge in [0.25, 0.3) is 0 Å². The van der Waals surface area contributed by atoms with Crippen molar-refractivity contribution in [3.63, 3.8) is 0 Å². The van der Waals surface area contributed by atoms with Crippen molar-refractivity contribution in [3.05, 3.63) is 47.5 Å². The van der Waals surface area contributed by atoms with Crippen molar-refractivity contribution in [1.82, 2.24) is 15.1 Å². The topological polar surface area (TPSA) is 39.1 Å². The van der Waals surface area contributed by atoms with Crippen molar-refractivity contribution in [1.29, 1.82) is 0 Å². The molecule has 0 amide bonds. The maximum Gasteiger partial charge on any atom is 0.132 e. The van der Waals surface area contributed by atoms with Crippen molar-refractivity contribution in [2.24, 2.45) is 0 Å². The Kier molecular flexibility index (Phi) is 4.74. The average Bonchev–Trinajstić information content (AvgIpc) is 2.90. The van der Waals surface area contributed by atoms with Gasteiger partial charge < -0.3 is 10.1 Å². The first-order chi connectivity index (χ1) is 9.71. The molecule has 4 nitrogen and oxygen atoms in total. The van der Waals surface area contributed by atoms with E-state index in [0.29, 0.717) is 11.3 Å². The summed E-state index contributed by atoms with van der Waals surface area (Å²) in [5, 5.41) is 7.43. The van der Waals surface area contributed by atoms with Gasteiger partial charge in [-0.2, -0.15) is 5.10 Å². The van der Waals surface area contributed by atoms with E-state index >= 15 is 0 Å². The summed E-state index contributed by atoms with van der Waals surface area (Å²) < 4.78 is 21.3. The SMILES string of the molecule is CCCn1cc(C(NC)c2c(F)cccc2OC)cn1. The van der Waals surface area contributed by atoms with Crippen LogP contribution in [0, 0.1) is 5.82 Å². The molecule has 1 heterocycles. The number of aryl methyl sites for hydroxylation is 1. The van der Waals surface area contributed by atoms with Gasteiger partial charge in [-0.15, -0.1) is 0 Å². The monoisotopic (exact) mass is 277 g/mol. The van der Waals surface area contributed by atoms with E-state index in [1.165, 1.54) is 6.07 Å². The normalized spacial score (nSPS) is 12.4. The lowest BCUT2D eigenvalue weighted by Gasteiger charge is -2.18. The van der Waals surface area contributed by atoms with Crippen LogP contribution in [0.25, 0.3) is 0 Å². The van der Waals surface area contributed by atoms with Gasteiger partial charge in [0.15, 0.2) is 0 Å². The van der Waals surface area contributed by atoms with Gasteiger partial charge in [0, 0.05) is 18.3 Å². The van der Waals surface area contributed by atoms with Crippen molar-refractivity contribution in [3.8, 4) is 5.75 Å². The molecule has 0 aliphatic heterocycles. The first-order valence-electron chi connectivity index (χ1n) is 6.73. The fourth-order valence-corrected chi connectivity index (χ4v) is 2.33. The summed E-state index contributed by atoms with van der Waals surface area (Å²) in [6.07, 6.45) is 4.72. The Morgan fingerprint density at radius 1 is 1.45 bits per heavy atom. The summed E-state index contributed by atoms with van der Waals surface area (Å²) in [7, 11) is 3.35. The molecule has 2 aromatic rings. The number of methoxy groups -OCH3 is 1. The molecule has 0 fully saturated rings. The van der Waals surface area contributed by atoms with Crippen LogP contribution in [0.4, 0.5) is 4.39 Å². The maximum absolute atomic E-state index is 14.2. The largest absolute Gasteiger partial charge is 0.496 e. The lowest BCUT2D eigenvalue weighted by molar-refractivity contribution is 0.398. The molecule has 1 N–H and O–H groups in total. The highest BCUT2D eigenvalue weighted by Crippen LogP contribution is 2.31. The minimum Gasteiger partial charge on any atom is -0.496 e. The Hall–Kier alpha value is -1.88. The van der Waals surface area contributed by atoms with Gasteiger partial charge in [-0.1, -0.05) is 13.0 Å². The van der Waals surface area contributed by atoms with Crippen LogP contribution in [0.1, 0.15) is 30.5 Å². The molecule has 0 radical (unpaired) electrons. The molecule has 1 aromatic heterocycles. The van der Waals surface area contributed by atoms with Crippen molar-refractivity contribution in [2.45, 2.75) is 25.9 Å². The quantitative estimate of drug-likeness (QED) is 0.882. The summed E-state index contributed by atoms with van der Waals surface area (Å²) in [6.45, 7) is 2.95. The Balaban J connectivity index is 2.41. The van der Waals surface area contributed by atoms with E-state index in [0.717, 1.165) is 18.5 Å². The Morgan fingerprint density at radius 3 is 2.90 bits per heavy atom. The second-order valence-electron chi connectivity index (χ2n) is 4.61. The number of hydrogen-bond donors (Lipinski definition) is 1. The van der Waals surface area contributed by atoms with Crippen molar-refractivity contribution < 1.29 is 9.13 Å². The van der Waals surface area contributed by atoms with Crippen LogP contribution in [-0.2, 0) is 6.54 Å². The lowest BCUT2D eigenvalue weighted by atomic mass is 10.00. The Labute approximate surface area is 118 Å². The smallest absolute Gasteiger partial charge is 0.132 e. The summed E-state index contributed by atoms with van der Waals surface area (Å²) in [5.41, 5.74) is 1.43. The van der Waals surface area contributed by atoms with Crippen LogP contribution in [-0.4, -0.2) is 23.9 Å². The average molecular weight is 277 g/mol. The fraction of sp³-hybridized carbons (Fsp3) is 0.400. The van der Waals surface area contributed by atoms with Gasteiger partial charge >= 0.3 is 0 Å². The summed E-state index contributed by atoms with van der Waals surface area (Å²) >= 11 is 0. The molecular formula is C15H20FN3O. The number of hydrogen-bond acceptors (Lipinski definition) is 3. The fourth-order valence-electron chi connectivity index (χ4n) is 2.33. The number of ether oxygens (including phenoxy) is 1. The number of halogens is 1. The highest BCUT2D eigenvalue weighted by molar-refractivity contribution is 5.41. The summed E-state index contributed by atoms with van der Waals surface area (Å²) in [6, 6.07) is 4.57. The molecule has 1 unspecified atom stereocenters. The summed E-state index contributed by atoms with van der Waals surface area (Å²) in [4.78, 5) is 0. The number of benzene rings is 1. The number of nitrogens with one attached hydrogen (secondary N) is 1. The zero-order valence-corrected chi connectivity index (χ0v) is 12.1. The second-order valence-corrected chi connectivity index (χ2v) is 4.61. The minimum absolute atomic E-state index is 0.281. The van der Waals surface area contributed by atoms with Crippen LogP contribution >= 0.6 is 0 Å². The van der Waals surface area contributed by atoms with Crippen LogP contribution in [0.15, 0.2) is 30.6 Å². The maximum atomic E-state index is 14.2. The Bertz CT molecular complexity index is 568. The van der Waals surface area contributed by atoms with Crippen LogP contribution < -0.4 is 10.1 Å².